The van der Waals surface area contributed by atoms with E-state index in [-0.39, 0.29) is 12.1 Å². The maximum Gasteiger partial charge on any atom is 0.223 e. The predicted octanol–water partition coefficient (Wildman–Crippen LogP) is 5.26. The molecule has 2 heterocycles. The number of benzene rings is 2. The molecule has 180 valence electrons. The van der Waals surface area contributed by atoms with E-state index in [9.17, 15) is 4.79 Å². The van der Waals surface area contributed by atoms with Crippen molar-refractivity contribution >= 4 is 23.0 Å². The maximum atomic E-state index is 12.2. The van der Waals surface area contributed by atoms with E-state index in [0.29, 0.717) is 17.6 Å². The van der Waals surface area contributed by atoms with Crippen molar-refractivity contribution in [1.82, 2.24) is 5.32 Å². The Morgan fingerprint density at radius 3 is 2.68 bits per heavy atom. The van der Waals surface area contributed by atoms with Gasteiger partial charge in [0.25, 0.3) is 0 Å². The van der Waals surface area contributed by atoms with Gasteiger partial charge in [0.2, 0.25) is 5.91 Å². The normalized spacial score (nSPS) is 21.7. The fourth-order valence-corrected chi connectivity index (χ4v) is 5.29. The Hall–Kier alpha value is -3.04. The summed E-state index contributed by atoms with van der Waals surface area (Å²) in [6.45, 7) is 6.98. The van der Waals surface area contributed by atoms with Crippen LogP contribution in [0.3, 0.4) is 0 Å². The van der Waals surface area contributed by atoms with Crippen LogP contribution in [0.15, 0.2) is 42.5 Å². The molecule has 1 saturated heterocycles. The molecule has 0 bridgehead atoms. The van der Waals surface area contributed by atoms with Crippen molar-refractivity contribution in [2.45, 2.75) is 77.5 Å². The van der Waals surface area contributed by atoms with E-state index in [1.165, 1.54) is 18.4 Å². The summed E-state index contributed by atoms with van der Waals surface area (Å²) in [5.41, 5.74) is 5.05. The minimum atomic E-state index is 0.102. The highest BCUT2D eigenvalue weighted by atomic mass is 16.2. The summed E-state index contributed by atoms with van der Waals surface area (Å²) in [6, 6.07) is 16.9. The molecule has 6 nitrogen and oxygen atoms in total. The highest BCUT2D eigenvalue weighted by Crippen LogP contribution is 2.37. The highest BCUT2D eigenvalue weighted by molar-refractivity contribution is 5.98. The van der Waals surface area contributed by atoms with Gasteiger partial charge in [0.05, 0.1) is 29.2 Å². The quantitative estimate of drug-likeness (QED) is 0.501. The molecule has 1 amide bonds. The molecule has 1 fully saturated rings. The Bertz CT molecular complexity index is 1030. The van der Waals surface area contributed by atoms with Crippen molar-refractivity contribution < 1.29 is 4.79 Å². The van der Waals surface area contributed by atoms with Gasteiger partial charge in [-0.1, -0.05) is 38.8 Å². The molecule has 2 aliphatic heterocycles. The molecule has 0 radical (unpaired) electrons. The Labute approximate surface area is 203 Å². The van der Waals surface area contributed by atoms with Gasteiger partial charge in [-0.05, 0) is 61.1 Å². The molecule has 2 aromatic carbocycles. The van der Waals surface area contributed by atoms with Crippen LogP contribution >= 0.6 is 0 Å². The smallest absolute Gasteiger partial charge is 0.223 e. The van der Waals surface area contributed by atoms with Gasteiger partial charge >= 0.3 is 0 Å². The minimum absolute atomic E-state index is 0.102. The lowest BCUT2D eigenvalue weighted by atomic mass is 9.92. The summed E-state index contributed by atoms with van der Waals surface area (Å²) in [6.07, 6.45) is 6.61. The summed E-state index contributed by atoms with van der Waals surface area (Å²) >= 11 is 0. The van der Waals surface area contributed by atoms with Crippen molar-refractivity contribution in [2.24, 2.45) is 5.92 Å². The molecule has 0 saturated carbocycles. The average molecular weight is 460 g/mol. The van der Waals surface area contributed by atoms with Gasteiger partial charge in [-0.3, -0.25) is 10.1 Å². The van der Waals surface area contributed by atoms with Gasteiger partial charge in [0.1, 0.15) is 0 Å². The first-order chi connectivity index (χ1) is 16.4. The van der Waals surface area contributed by atoms with Gasteiger partial charge in [-0.15, -0.1) is 0 Å². The minimum Gasteiger partial charge on any atom is -0.380 e. The molecule has 2 aliphatic rings. The first-order valence-corrected chi connectivity index (χ1v) is 12.6. The lowest BCUT2D eigenvalue weighted by molar-refractivity contribution is -0.116. The van der Waals surface area contributed by atoms with E-state index in [1.807, 2.05) is 29.2 Å². The molecule has 0 spiro atoms. The molecule has 2 aromatic rings. The second-order valence-electron chi connectivity index (χ2n) is 10.1. The number of fused-ring (bicyclic) bond motifs is 1. The number of rotatable bonds is 8. The van der Waals surface area contributed by atoms with Gasteiger partial charge in [-0.25, -0.2) is 0 Å². The SMILES string of the molecule is CC(=O)N1CCc2cccc(NC3CC(CCCC(C)C)NC(Nc4ccc(C#N)cc4)C3)c21. The maximum absolute atomic E-state index is 12.2. The molecular weight excluding hydrogens is 422 g/mol. The van der Waals surface area contributed by atoms with Crippen LogP contribution in [0.1, 0.15) is 64.0 Å². The van der Waals surface area contributed by atoms with Crippen molar-refractivity contribution in [3.05, 3.63) is 53.6 Å². The van der Waals surface area contributed by atoms with Gasteiger partial charge in [0.15, 0.2) is 0 Å². The Morgan fingerprint density at radius 2 is 1.97 bits per heavy atom. The highest BCUT2D eigenvalue weighted by Gasteiger charge is 2.31. The summed E-state index contributed by atoms with van der Waals surface area (Å²) in [4.78, 5) is 14.1. The van der Waals surface area contributed by atoms with Crippen molar-refractivity contribution in [1.29, 1.82) is 5.26 Å². The van der Waals surface area contributed by atoms with Crippen LogP contribution in [0.25, 0.3) is 0 Å². The zero-order valence-electron chi connectivity index (χ0n) is 20.6. The Balaban J connectivity index is 1.49. The lowest BCUT2D eigenvalue weighted by Gasteiger charge is -2.38. The second-order valence-corrected chi connectivity index (χ2v) is 10.1. The standard InChI is InChI=1S/C28H37N5O/c1-19(2)6-4-8-24-16-25(17-27(32-24)31-23-12-10-21(18-29)11-13-23)30-26-9-5-7-22-14-15-33(20(3)34)28(22)26/h5,7,9-13,19,24-25,27,30-32H,4,6,8,14-17H2,1-3H3. The van der Waals surface area contributed by atoms with E-state index in [1.54, 1.807) is 6.92 Å². The lowest BCUT2D eigenvalue weighted by Crippen LogP contribution is -2.52. The van der Waals surface area contributed by atoms with E-state index in [0.717, 1.165) is 55.2 Å². The number of piperidine rings is 1. The second kappa shape index (κ2) is 10.9. The first kappa shape index (κ1) is 24.1. The summed E-state index contributed by atoms with van der Waals surface area (Å²) in [5.74, 6) is 0.819. The fourth-order valence-electron chi connectivity index (χ4n) is 5.29. The van der Waals surface area contributed by atoms with Crippen molar-refractivity contribution in [3.8, 4) is 6.07 Å². The monoisotopic (exact) mass is 459 g/mol. The number of anilines is 3. The average Bonchev–Trinajstić information content (AvgIpc) is 3.25. The molecule has 0 aromatic heterocycles. The zero-order chi connectivity index (χ0) is 24.1. The van der Waals surface area contributed by atoms with Gasteiger partial charge in [0, 0.05) is 37.7 Å². The first-order valence-electron chi connectivity index (χ1n) is 12.6. The molecule has 3 N–H and O–H groups in total. The van der Waals surface area contributed by atoms with E-state index < -0.39 is 0 Å². The topological polar surface area (TPSA) is 80.2 Å². The van der Waals surface area contributed by atoms with Crippen LogP contribution in [0, 0.1) is 17.2 Å². The number of hydrogen-bond acceptors (Lipinski definition) is 5. The molecule has 0 aliphatic carbocycles. The fraction of sp³-hybridized carbons (Fsp3) is 0.500. The van der Waals surface area contributed by atoms with Crippen LogP contribution in [0.4, 0.5) is 17.1 Å². The summed E-state index contributed by atoms with van der Waals surface area (Å²) < 4.78 is 0. The van der Waals surface area contributed by atoms with Gasteiger partial charge in [-0.2, -0.15) is 5.26 Å². The number of nitrogens with zero attached hydrogens (tertiary/aromatic N) is 2. The summed E-state index contributed by atoms with van der Waals surface area (Å²) in [5, 5.41) is 20.3. The largest absolute Gasteiger partial charge is 0.380 e. The molecule has 34 heavy (non-hydrogen) atoms. The Morgan fingerprint density at radius 1 is 1.18 bits per heavy atom. The molecule has 6 heteroatoms. The van der Waals surface area contributed by atoms with Gasteiger partial charge < -0.3 is 15.5 Å². The number of amides is 1. The number of para-hydroxylation sites is 1. The van der Waals surface area contributed by atoms with E-state index in [4.69, 9.17) is 5.26 Å². The van der Waals surface area contributed by atoms with Crippen LogP contribution in [0.5, 0.6) is 0 Å². The number of carbonyl (C=O) groups is 1. The number of nitriles is 1. The van der Waals surface area contributed by atoms with Crippen LogP contribution in [-0.2, 0) is 11.2 Å². The third kappa shape index (κ3) is 5.90. The van der Waals surface area contributed by atoms with Crippen LogP contribution in [-0.4, -0.2) is 30.7 Å². The molecule has 3 unspecified atom stereocenters. The molecular formula is C28H37N5O. The van der Waals surface area contributed by atoms with E-state index in [2.05, 4.69) is 54.1 Å². The zero-order valence-corrected chi connectivity index (χ0v) is 20.6. The van der Waals surface area contributed by atoms with Crippen molar-refractivity contribution in [3.63, 3.8) is 0 Å². The number of carbonyl (C=O) groups excluding carboxylic acids is 1. The van der Waals surface area contributed by atoms with Crippen LogP contribution < -0.4 is 20.9 Å². The number of hydrogen-bond donors (Lipinski definition) is 3. The van der Waals surface area contributed by atoms with Crippen LogP contribution in [0.2, 0.25) is 0 Å². The third-order valence-corrected chi connectivity index (χ3v) is 6.95. The third-order valence-electron chi connectivity index (χ3n) is 6.95. The molecule has 3 atom stereocenters. The summed E-state index contributed by atoms with van der Waals surface area (Å²) in [7, 11) is 0. The van der Waals surface area contributed by atoms with E-state index >= 15 is 0 Å². The predicted molar refractivity (Wildman–Crippen MR) is 139 cm³/mol. The van der Waals surface area contributed by atoms with Crippen molar-refractivity contribution in [2.75, 3.05) is 22.1 Å². The molecule has 4 rings (SSSR count). The number of nitrogens with one attached hydrogen (secondary N) is 3. The Kier molecular flexibility index (Phi) is 7.74.